The van der Waals surface area contributed by atoms with Crippen LogP contribution < -0.4 is 10.6 Å². The van der Waals surface area contributed by atoms with Crippen molar-refractivity contribution in [3.05, 3.63) is 64.5 Å². The van der Waals surface area contributed by atoms with Crippen molar-refractivity contribution in [2.45, 2.75) is 31.8 Å². The number of sulfonamides is 1. The van der Waals surface area contributed by atoms with Gasteiger partial charge in [0.1, 0.15) is 6.04 Å². The zero-order valence-corrected chi connectivity index (χ0v) is 19.5. The third-order valence-corrected chi connectivity index (χ3v) is 7.96. The normalized spacial score (nSPS) is 18.2. The Morgan fingerprint density at radius 3 is 2.73 bits per heavy atom. The van der Waals surface area contributed by atoms with Crippen molar-refractivity contribution < 1.29 is 18.0 Å². The number of hydrogen-bond donors (Lipinski definition) is 2. The predicted molar refractivity (Wildman–Crippen MR) is 127 cm³/mol. The summed E-state index contributed by atoms with van der Waals surface area (Å²) in [5, 5.41) is 7.93. The zero-order chi connectivity index (χ0) is 23.2. The Hall–Kier alpha value is -3.08. The second-order valence-electron chi connectivity index (χ2n) is 8.24. The van der Waals surface area contributed by atoms with Gasteiger partial charge in [0.25, 0.3) is 0 Å². The van der Waals surface area contributed by atoms with Crippen LogP contribution in [-0.2, 0) is 39.0 Å². The molecule has 0 radical (unpaired) electrons. The molecule has 33 heavy (non-hydrogen) atoms. The largest absolute Gasteiger partial charge is 0.326 e. The molecule has 0 spiro atoms. The van der Waals surface area contributed by atoms with E-state index < -0.39 is 22.0 Å². The SMILES string of the molecule is CS(=O)(=O)N1Cc2ccccc2CC1C(=O)Nc1nc(-c2ccc3c(c2)CCC(=O)N3)cs1. The molecule has 8 nitrogen and oxygen atoms in total. The fourth-order valence-electron chi connectivity index (χ4n) is 4.27. The number of benzene rings is 2. The maximum atomic E-state index is 13.1. The highest BCUT2D eigenvalue weighted by Gasteiger charge is 2.37. The van der Waals surface area contributed by atoms with Crippen LogP contribution in [-0.4, -0.2) is 41.8 Å². The minimum absolute atomic E-state index is 0.0161. The molecule has 1 aromatic heterocycles. The van der Waals surface area contributed by atoms with Gasteiger partial charge >= 0.3 is 0 Å². The fourth-order valence-corrected chi connectivity index (χ4v) is 5.99. The average Bonchev–Trinajstić information content (AvgIpc) is 3.25. The van der Waals surface area contributed by atoms with Crippen LogP contribution in [0.4, 0.5) is 10.8 Å². The maximum absolute atomic E-state index is 13.1. The number of rotatable bonds is 4. The number of anilines is 2. The minimum atomic E-state index is -3.58. The number of thiazole rings is 1. The lowest BCUT2D eigenvalue weighted by atomic mass is 9.95. The van der Waals surface area contributed by atoms with Gasteiger partial charge < -0.3 is 10.6 Å². The van der Waals surface area contributed by atoms with Crippen molar-refractivity contribution in [2.75, 3.05) is 16.9 Å². The lowest BCUT2D eigenvalue weighted by Gasteiger charge is -2.33. The van der Waals surface area contributed by atoms with E-state index in [1.165, 1.54) is 15.6 Å². The van der Waals surface area contributed by atoms with Gasteiger partial charge in [-0.05, 0) is 41.7 Å². The minimum Gasteiger partial charge on any atom is -0.326 e. The molecule has 2 N–H and O–H groups in total. The van der Waals surface area contributed by atoms with Crippen LogP contribution >= 0.6 is 11.3 Å². The number of carbonyl (C=O) groups excluding carboxylic acids is 2. The summed E-state index contributed by atoms with van der Waals surface area (Å²) < 4.78 is 26.0. The number of nitrogens with zero attached hydrogens (tertiary/aromatic N) is 2. The van der Waals surface area contributed by atoms with Crippen LogP contribution in [0.5, 0.6) is 0 Å². The molecule has 2 aromatic carbocycles. The van der Waals surface area contributed by atoms with Gasteiger partial charge in [-0.15, -0.1) is 11.3 Å². The van der Waals surface area contributed by atoms with Crippen molar-refractivity contribution in [3.63, 3.8) is 0 Å². The Labute approximate surface area is 195 Å². The molecule has 0 aliphatic carbocycles. The molecule has 1 atom stereocenters. The van der Waals surface area contributed by atoms with Crippen molar-refractivity contribution >= 4 is 44.0 Å². The van der Waals surface area contributed by atoms with Crippen LogP contribution in [0.15, 0.2) is 47.8 Å². The van der Waals surface area contributed by atoms with Crippen LogP contribution in [0.1, 0.15) is 23.1 Å². The third kappa shape index (κ3) is 4.41. The second-order valence-corrected chi connectivity index (χ2v) is 11.0. The lowest BCUT2D eigenvalue weighted by molar-refractivity contribution is -0.120. The molecule has 3 aromatic rings. The van der Waals surface area contributed by atoms with Gasteiger partial charge in [-0.1, -0.05) is 30.3 Å². The standard InChI is InChI=1S/C23H22N4O4S2/c1-33(30,31)27-12-17-5-3-2-4-14(17)11-20(27)22(29)26-23-25-19(13-32-23)16-6-8-18-15(10-16)7-9-21(28)24-18/h2-6,8,10,13,20H,7,9,11-12H2,1H3,(H,24,28)(H,25,26,29). The Kier molecular flexibility index (Phi) is 5.51. The summed E-state index contributed by atoms with van der Waals surface area (Å²) in [5.41, 5.74) is 5.35. The van der Waals surface area contributed by atoms with Crippen LogP contribution in [0.25, 0.3) is 11.3 Å². The molecule has 10 heteroatoms. The molecule has 170 valence electrons. The van der Waals surface area contributed by atoms with Crippen LogP contribution in [0.3, 0.4) is 0 Å². The van der Waals surface area contributed by atoms with E-state index in [4.69, 9.17) is 0 Å². The lowest BCUT2D eigenvalue weighted by Crippen LogP contribution is -2.50. The van der Waals surface area contributed by atoms with Gasteiger partial charge in [0.05, 0.1) is 11.9 Å². The molecule has 1 unspecified atom stereocenters. The number of aryl methyl sites for hydroxylation is 1. The van der Waals surface area contributed by atoms with E-state index in [1.807, 2.05) is 47.8 Å². The van der Waals surface area contributed by atoms with Crippen molar-refractivity contribution in [2.24, 2.45) is 0 Å². The average molecular weight is 483 g/mol. The zero-order valence-electron chi connectivity index (χ0n) is 17.9. The number of nitrogens with one attached hydrogen (secondary N) is 2. The van der Waals surface area contributed by atoms with Crippen molar-refractivity contribution in [1.29, 1.82) is 0 Å². The van der Waals surface area contributed by atoms with Gasteiger partial charge in [-0.3, -0.25) is 9.59 Å². The predicted octanol–water partition coefficient (Wildman–Crippen LogP) is 3.02. The van der Waals surface area contributed by atoms with E-state index in [0.717, 1.165) is 34.2 Å². The summed E-state index contributed by atoms with van der Waals surface area (Å²) in [6, 6.07) is 12.5. The maximum Gasteiger partial charge on any atom is 0.244 e. The summed E-state index contributed by atoms with van der Waals surface area (Å²) in [5.74, 6) is -0.383. The van der Waals surface area contributed by atoms with Gasteiger partial charge in [-0.2, -0.15) is 4.31 Å². The molecule has 0 fully saturated rings. The molecule has 0 saturated heterocycles. The van der Waals surface area contributed by atoms with Crippen LogP contribution in [0.2, 0.25) is 0 Å². The van der Waals surface area contributed by atoms with E-state index in [1.54, 1.807) is 0 Å². The summed E-state index contributed by atoms with van der Waals surface area (Å²) in [6.07, 6.45) is 2.56. The summed E-state index contributed by atoms with van der Waals surface area (Å²) >= 11 is 1.29. The second kappa shape index (κ2) is 8.36. The van der Waals surface area contributed by atoms with E-state index in [-0.39, 0.29) is 12.5 Å². The number of amides is 2. The number of aromatic nitrogens is 1. The van der Waals surface area contributed by atoms with Gasteiger partial charge in [0.2, 0.25) is 21.8 Å². The van der Waals surface area contributed by atoms with Crippen molar-refractivity contribution in [3.8, 4) is 11.3 Å². The molecule has 2 aliphatic rings. The fraction of sp³-hybridized carbons (Fsp3) is 0.261. The first-order valence-corrected chi connectivity index (χ1v) is 13.2. The highest BCUT2D eigenvalue weighted by Crippen LogP contribution is 2.31. The summed E-state index contributed by atoms with van der Waals surface area (Å²) in [7, 11) is -3.58. The van der Waals surface area contributed by atoms with Gasteiger partial charge in [-0.25, -0.2) is 13.4 Å². The quantitative estimate of drug-likeness (QED) is 0.594. The molecular formula is C23H22N4O4S2. The molecule has 3 heterocycles. The van der Waals surface area contributed by atoms with E-state index in [9.17, 15) is 18.0 Å². The number of carbonyl (C=O) groups is 2. The first-order valence-electron chi connectivity index (χ1n) is 10.5. The molecule has 0 saturated carbocycles. The van der Waals surface area contributed by atoms with E-state index >= 15 is 0 Å². The van der Waals surface area contributed by atoms with Crippen LogP contribution in [0, 0.1) is 0 Å². The monoisotopic (exact) mass is 482 g/mol. The summed E-state index contributed by atoms with van der Waals surface area (Å²) in [6.45, 7) is 0.169. The van der Waals surface area contributed by atoms with Gasteiger partial charge in [0, 0.05) is 29.6 Å². The number of fused-ring (bicyclic) bond motifs is 2. The first-order chi connectivity index (χ1) is 15.8. The molecular weight excluding hydrogens is 460 g/mol. The molecule has 0 bridgehead atoms. The highest BCUT2D eigenvalue weighted by molar-refractivity contribution is 7.88. The highest BCUT2D eigenvalue weighted by atomic mass is 32.2. The first kappa shape index (κ1) is 21.7. The van der Waals surface area contributed by atoms with E-state index in [2.05, 4.69) is 15.6 Å². The topological polar surface area (TPSA) is 108 Å². The van der Waals surface area contributed by atoms with E-state index in [0.29, 0.717) is 30.1 Å². The van der Waals surface area contributed by atoms with Crippen molar-refractivity contribution in [1.82, 2.24) is 9.29 Å². The Bertz CT molecular complexity index is 1370. The Morgan fingerprint density at radius 2 is 1.94 bits per heavy atom. The Morgan fingerprint density at radius 1 is 1.15 bits per heavy atom. The third-order valence-electron chi connectivity index (χ3n) is 5.96. The Balaban J connectivity index is 1.36. The molecule has 5 rings (SSSR count). The molecule has 2 aliphatic heterocycles. The smallest absolute Gasteiger partial charge is 0.244 e. The number of hydrogen-bond acceptors (Lipinski definition) is 6. The molecule has 2 amide bonds. The van der Waals surface area contributed by atoms with Gasteiger partial charge in [0.15, 0.2) is 5.13 Å². The summed E-state index contributed by atoms with van der Waals surface area (Å²) in [4.78, 5) is 29.2.